The molecule has 3 heterocycles. The van der Waals surface area contributed by atoms with Crippen molar-refractivity contribution in [3.63, 3.8) is 0 Å². The van der Waals surface area contributed by atoms with E-state index in [1.807, 2.05) is 37.3 Å². The fraction of sp³-hybridized carbons (Fsp3) is 0.235. The van der Waals surface area contributed by atoms with Crippen LogP contribution in [0.15, 0.2) is 41.2 Å². The van der Waals surface area contributed by atoms with Crippen LogP contribution in [0.2, 0.25) is 0 Å². The number of nitrogens with zero attached hydrogens (tertiary/aromatic N) is 5. The highest BCUT2D eigenvalue weighted by Crippen LogP contribution is 2.17. The van der Waals surface area contributed by atoms with Crippen LogP contribution in [-0.2, 0) is 12.8 Å². The van der Waals surface area contributed by atoms with Crippen molar-refractivity contribution in [2.24, 2.45) is 0 Å². The Bertz CT molecular complexity index is 1080. The van der Waals surface area contributed by atoms with Crippen molar-refractivity contribution < 1.29 is 0 Å². The van der Waals surface area contributed by atoms with Gasteiger partial charge in [-0.15, -0.1) is 5.10 Å². The third kappa shape index (κ3) is 3.33. The molecule has 0 saturated heterocycles. The number of nitrogens with one attached hydrogen (secondary N) is 2. The van der Waals surface area contributed by atoms with E-state index >= 15 is 0 Å². The first-order chi connectivity index (χ1) is 12.7. The van der Waals surface area contributed by atoms with Crippen molar-refractivity contribution in [3.05, 3.63) is 58.3 Å². The lowest BCUT2D eigenvalue weighted by molar-refractivity contribution is 0.862. The van der Waals surface area contributed by atoms with Crippen molar-refractivity contribution >= 4 is 21.4 Å². The van der Waals surface area contributed by atoms with Gasteiger partial charge in [-0.2, -0.15) is 9.61 Å². The zero-order valence-electron chi connectivity index (χ0n) is 14.1. The van der Waals surface area contributed by atoms with E-state index in [0.29, 0.717) is 28.9 Å². The van der Waals surface area contributed by atoms with Gasteiger partial charge >= 0.3 is 0 Å². The molecule has 0 atom stereocenters. The van der Waals surface area contributed by atoms with Gasteiger partial charge < -0.3 is 5.32 Å². The zero-order chi connectivity index (χ0) is 17.9. The molecule has 0 spiro atoms. The quantitative estimate of drug-likeness (QED) is 0.541. The summed E-state index contributed by atoms with van der Waals surface area (Å²) in [5.41, 5.74) is 1.60. The lowest BCUT2D eigenvalue weighted by Gasteiger charge is -1.98. The van der Waals surface area contributed by atoms with Gasteiger partial charge in [-0.05, 0) is 6.42 Å². The van der Waals surface area contributed by atoms with Crippen molar-refractivity contribution in [2.75, 3.05) is 11.9 Å². The number of aromatic nitrogens is 6. The molecule has 0 radical (unpaired) electrons. The number of aryl methyl sites for hydroxylation is 1. The highest BCUT2D eigenvalue weighted by atomic mass is 32.1. The van der Waals surface area contributed by atoms with Crippen LogP contribution in [0.1, 0.15) is 18.4 Å². The SMILES string of the molecule is CCc1cc(=O)n2nc(NCCc3nc(-c4ccccc4)n[nH]3)sc2n1. The maximum atomic E-state index is 12.0. The first-order valence-corrected chi connectivity index (χ1v) is 9.15. The van der Waals surface area contributed by atoms with E-state index in [0.717, 1.165) is 23.5 Å². The van der Waals surface area contributed by atoms with E-state index < -0.39 is 0 Å². The molecule has 3 aromatic heterocycles. The summed E-state index contributed by atoms with van der Waals surface area (Å²) in [5, 5.41) is 15.3. The van der Waals surface area contributed by atoms with Crippen LogP contribution in [0, 0.1) is 0 Å². The summed E-state index contributed by atoms with van der Waals surface area (Å²) in [6, 6.07) is 11.3. The second-order valence-electron chi connectivity index (χ2n) is 5.69. The van der Waals surface area contributed by atoms with Gasteiger partial charge in [-0.25, -0.2) is 9.97 Å². The van der Waals surface area contributed by atoms with Crippen LogP contribution >= 0.6 is 11.3 Å². The molecule has 0 aliphatic rings. The molecule has 0 unspecified atom stereocenters. The van der Waals surface area contributed by atoms with Crippen molar-refractivity contribution in [2.45, 2.75) is 19.8 Å². The van der Waals surface area contributed by atoms with Crippen LogP contribution in [-0.4, -0.2) is 36.3 Å². The van der Waals surface area contributed by atoms with Crippen LogP contribution in [0.25, 0.3) is 16.3 Å². The molecule has 26 heavy (non-hydrogen) atoms. The van der Waals surface area contributed by atoms with Crippen LogP contribution in [0.4, 0.5) is 5.13 Å². The lowest BCUT2D eigenvalue weighted by Crippen LogP contribution is -2.15. The average molecular weight is 367 g/mol. The third-order valence-corrected chi connectivity index (χ3v) is 4.73. The van der Waals surface area contributed by atoms with Crippen molar-refractivity contribution in [1.29, 1.82) is 0 Å². The summed E-state index contributed by atoms with van der Waals surface area (Å²) >= 11 is 1.36. The molecule has 4 rings (SSSR count). The Kier molecular flexibility index (Phi) is 4.44. The van der Waals surface area contributed by atoms with E-state index in [1.165, 1.54) is 21.9 Å². The molecule has 0 saturated carbocycles. The first-order valence-electron chi connectivity index (χ1n) is 8.33. The topological polar surface area (TPSA) is 101 Å². The zero-order valence-corrected chi connectivity index (χ0v) is 15.0. The molecule has 8 nitrogen and oxygen atoms in total. The van der Waals surface area contributed by atoms with Crippen LogP contribution in [0.3, 0.4) is 0 Å². The van der Waals surface area contributed by atoms with E-state index in [4.69, 9.17) is 0 Å². The maximum absolute atomic E-state index is 12.0. The Balaban J connectivity index is 1.42. The number of aromatic amines is 1. The highest BCUT2D eigenvalue weighted by molar-refractivity contribution is 7.20. The molecule has 4 aromatic rings. The number of hydrogen-bond donors (Lipinski definition) is 2. The number of H-pyrrole nitrogens is 1. The van der Waals surface area contributed by atoms with Crippen LogP contribution < -0.4 is 10.9 Å². The highest BCUT2D eigenvalue weighted by Gasteiger charge is 2.09. The van der Waals surface area contributed by atoms with Gasteiger partial charge in [0.15, 0.2) is 5.82 Å². The summed E-state index contributed by atoms with van der Waals surface area (Å²) in [4.78, 5) is 21.5. The van der Waals surface area contributed by atoms with E-state index in [2.05, 4.69) is 30.6 Å². The van der Waals surface area contributed by atoms with Gasteiger partial charge in [0.1, 0.15) is 5.82 Å². The number of benzene rings is 1. The summed E-state index contributed by atoms with van der Waals surface area (Å²) < 4.78 is 1.33. The Morgan fingerprint density at radius 3 is 2.88 bits per heavy atom. The Hall–Kier alpha value is -3.07. The molecule has 0 fully saturated rings. The van der Waals surface area contributed by atoms with Crippen LogP contribution in [0.5, 0.6) is 0 Å². The smallest absolute Gasteiger partial charge is 0.275 e. The largest absolute Gasteiger partial charge is 0.360 e. The van der Waals surface area contributed by atoms with Gasteiger partial charge in [-0.1, -0.05) is 48.6 Å². The molecule has 2 N–H and O–H groups in total. The Morgan fingerprint density at radius 2 is 2.08 bits per heavy atom. The first kappa shape index (κ1) is 16.4. The fourth-order valence-corrected chi connectivity index (χ4v) is 3.37. The van der Waals surface area contributed by atoms with Gasteiger partial charge in [-0.3, -0.25) is 9.89 Å². The van der Waals surface area contributed by atoms with E-state index in [9.17, 15) is 4.79 Å². The molecule has 0 aliphatic carbocycles. The molecule has 132 valence electrons. The van der Waals surface area contributed by atoms with E-state index in [-0.39, 0.29) is 5.56 Å². The molecular formula is C17H17N7OS. The normalized spacial score (nSPS) is 11.1. The van der Waals surface area contributed by atoms with Crippen molar-refractivity contribution in [1.82, 2.24) is 29.8 Å². The predicted octanol–water partition coefficient (Wildman–Crippen LogP) is 2.15. The minimum absolute atomic E-state index is 0.154. The molecule has 9 heteroatoms. The molecule has 0 amide bonds. The summed E-state index contributed by atoms with van der Waals surface area (Å²) in [6.45, 7) is 2.60. The lowest BCUT2D eigenvalue weighted by atomic mass is 10.2. The standard InChI is InChI=1S/C17H17N7OS/c1-2-12-10-14(25)24-17(19-12)26-16(23-24)18-9-8-13-20-15(22-21-13)11-6-4-3-5-7-11/h3-7,10H,2,8-9H2,1H3,(H,18,23)(H,20,21,22). The van der Waals surface area contributed by atoms with Crippen molar-refractivity contribution in [3.8, 4) is 11.4 Å². The molecule has 1 aromatic carbocycles. The van der Waals surface area contributed by atoms with Gasteiger partial charge in [0.25, 0.3) is 5.56 Å². The van der Waals surface area contributed by atoms with E-state index in [1.54, 1.807) is 0 Å². The van der Waals surface area contributed by atoms with Gasteiger partial charge in [0.2, 0.25) is 10.1 Å². The van der Waals surface area contributed by atoms with Gasteiger partial charge in [0.05, 0.1) is 0 Å². The molecule has 0 bridgehead atoms. The third-order valence-electron chi connectivity index (χ3n) is 3.86. The number of hydrogen-bond acceptors (Lipinski definition) is 7. The number of anilines is 1. The molecule has 0 aliphatic heterocycles. The minimum Gasteiger partial charge on any atom is -0.360 e. The summed E-state index contributed by atoms with van der Waals surface area (Å²) in [7, 11) is 0. The predicted molar refractivity (Wildman–Crippen MR) is 101 cm³/mol. The maximum Gasteiger partial charge on any atom is 0.275 e. The average Bonchev–Trinajstić information content (AvgIpc) is 3.29. The second-order valence-corrected chi connectivity index (χ2v) is 6.65. The van der Waals surface area contributed by atoms with Gasteiger partial charge in [0, 0.05) is 30.3 Å². The number of rotatable bonds is 6. The monoisotopic (exact) mass is 367 g/mol. The molecular weight excluding hydrogens is 350 g/mol. The summed E-state index contributed by atoms with van der Waals surface area (Å²) in [5.74, 6) is 1.48. The number of fused-ring (bicyclic) bond motifs is 1. The Morgan fingerprint density at radius 1 is 1.23 bits per heavy atom. The second kappa shape index (κ2) is 7.04. The fourth-order valence-electron chi connectivity index (χ4n) is 2.52. The summed E-state index contributed by atoms with van der Waals surface area (Å²) in [6.07, 6.45) is 1.39. The minimum atomic E-state index is -0.154. The Labute approximate surface area is 153 Å².